The van der Waals surface area contributed by atoms with Crippen molar-refractivity contribution < 1.29 is 4.42 Å². The average Bonchev–Trinajstić information content (AvgIpc) is 3.71. The third-order valence-electron chi connectivity index (χ3n) is 12.0. The molecule has 11 rings (SSSR count). The molecule has 0 spiro atoms. The number of furan rings is 1. The molecule has 60 heavy (non-hydrogen) atoms. The third-order valence-corrected chi connectivity index (χ3v) is 12.0. The first-order valence-corrected chi connectivity index (χ1v) is 20.7. The highest BCUT2D eigenvalue weighted by molar-refractivity contribution is 6.17. The van der Waals surface area contributed by atoms with Crippen LogP contribution in [0.4, 0.5) is 11.4 Å². The van der Waals surface area contributed by atoms with E-state index in [9.17, 15) is 0 Å². The summed E-state index contributed by atoms with van der Waals surface area (Å²) in [6.07, 6.45) is 0.826. The van der Waals surface area contributed by atoms with Crippen LogP contribution in [0.1, 0.15) is 16.7 Å². The van der Waals surface area contributed by atoms with E-state index in [0.717, 1.165) is 56.2 Å². The van der Waals surface area contributed by atoms with Crippen molar-refractivity contribution in [2.75, 3.05) is 4.90 Å². The molecule has 0 saturated heterocycles. The van der Waals surface area contributed by atoms with Gasteiger partial charge in [-0.3, -0.25) is 0 Å². The molecule has 0 bridgehead atoms. The highest BCUT2D eigenvalue weighted by atomic mass is 16.3. The van der Waals surface area contributed by atoms with E-state index in [-0.39, 0.29) is 0 Å². The Morgan fingerprint density at radius 3 is 1.82 bits per heavy atom. The van der Waals surface area contributed by atoms with Gasteiger partial charge in [0.2, 0.25) is 0 Å². The Morgan fingerprint density at radius 1 is 0.333 bits per heavy atom. The van der Waals surface area contributed by atoms with Gasteiger partial charge in [0.1, 0.15) is 11.2 Å². The average molecular weight is 768 g/mol. The van der Waals surface area contributed by atoms with E-state index in [1.807, 2.05) is 0 Å². The second-order valence-electron chi connectivity index (χ2n) is 15.7. The number of para-hydroxylation sites is 1. The van der Waals surface area contributed by atoms with Crippen molar-refractivity contribution in [3.63, 3.8) is 0 Å². The van der Waals surface area contributed by atoms with Crippen LogP contribution in [0.5, 0.6) is 0 Å². The minimum atomic E-state index is 0.653. The molecule has 0 atom stereocenters. The van der Waals surface area contributed by atoms with Crippen LogP contribution in [0.15, 0.2) is 229 Å². The maximum atomic E-state index is 6.88. The summed E-state index contributed by atoms with van der Waals surface area (Å²) in [6, 6.07) is 81.2. The summed E-state index contributed by atoms with van der Waals surface area (Å²) < 4.78 is 6.88. The quantitative estimate of drug-likeness (QED) is 0.145. The third kappa shape index (κ3) is 6.59. The SMILES string of the molecule is c1ccc(Cc2cc(N(Cc3ccccc3-c3cccc4c3oc3c5ccccc5ccc43)c3ccc(-c4ccc5ccccc5c4)cc3)ccc2-c2ccccc2)cc1. The lowest BCUT2D eigenvalue weighted by atomic mass is 9.93. The Bertz CT molecular complexity index is 3310. The maximum absolute atomic E-state index is 6.88. The van der Waals surface area contributed by atoms with Crippen molar-refractivity contribution in [2.45, 2.75) is 13.0 Å². The standard InChI is InChI=1S/C58H41NO/c1-3-14-40(15-4-1)36-48-38-50(33-35-51(48)43-17-5-2-6-18-43)59(49-31-28-42(29-32-49)46-27-26-41-16-7-8-20-45(41)37-46)39-47-21-10-11-22-52(47)54-24-13-25-55-56-34-30-44-19-9-12-23-53(44)57(56)60-58(54)55/h1-35,37-38H,36,39H2. The number of rotatable bonds is 9. The minimum Gasteiger partial charge on any atom is -0.455 e. The van der Waals surface area contributed by atoms with Gasteiger partial charge in [0, 0.05) is 39.6 Å². The van der Waals surface area contributed by atoms with Crippen LogP contribution in [0.3, 0.4) is 0 Å². The van der Waals surface area contributed by atoms with Crippen molar-refractivity contribution in [1.29, 1.82) is 0 Å². The Kier molecular flexibility index (Phi) is 9.02. The smallest absolute Gasteiger partial charge is 0.143 e. The molecule has 284 valence electrons. The first-order valence-electron chi connectivity index (χ1n) is 20.7. The molecule has 0 aliphatic carbocycles. The zero-order chi connectivity index (χ0) is 39.8. The summed E-state index contributed by atoms with van der Waals surface area (Å²) in [4.78, 5) is 2.47. The van der Waals surface area contributed by atoms with Crippen molar-refractivity contribution in [3.8, 4) is 33.4 Å². The van der Waals surface area contributed by atoms with Crippen LogP contribution in [-0.4, -0.2) is 0 Å². The highest BCUT2D eigenvalue weighted by Gasteiger charge is 2.20. The molecule has 10 aromatic carbocycles. The summed E-state index contributed by atoms with van der Waals surface area (Å²) in [5.74, 6) is 0. The molecule has 0 aliphatic heterocycles. The molecule has 2 nitrogen and oxygen atoms in total. The molecule has 1 aromatic heterocycles. The summed E-state index contributed by atoms with van der Waals surface area (Å²) in [6.45, 7) is 0.653. The monoisotopic (exact) mass is 767 g/mol. The van der Waals surface area contributed by atoms with Crippen LogP contribution in [0.25, 0.3) is 76.9 Å². The summed E-state index contributed by atoms with van der Waals surface area (Å²) >= 11 is 0. The van der Waals surface area contributed by atoms with Gasteiger partial charge < -0.3 is 9.32 Å². The number of hydrogen-bond acceptors (Lipinski definition) is 2. The largest absolute Gasteiger partial charge is 0.455 e. The van der Waals surface area contributed by atoms with Crippen LogP contribution in [0, 0.1) is 0 Å². The number of hydrogen-bond donors (Lipinski definition) is 0. The Morgan fingerprint density at radius 2 is 0.967 bits per heavy atom. The van der Waals surface area contributed by atoms with E-state index in [1.54, 1.807) is 0 Å². The lowest BCUT2D eigenvalue weighted by Gasteiger charge is -2.28. The first kappa shape index (κ1) is 35.5. The summed E-state index contributed by atoms with van der Waals surface area (Å²) in [5.41, 5.74) is 15.0. The molecule has 0 radical (unpaired) electrons. The number of benzene rings is 10. The molecule has 0 unspecified atom stereocenters. The molecule has 0 fully saturated rings. The number of nitrogens with zero attached hydrogens (tertiary/aromatic N) is 1. The van der Waals surface area contributed by atoms with Crippen LogP contribution in [0.2, 0.25) is 0 Å². The topological polar surface area (TPSA) is 16.4 Å². The summed E-state index contributed by atoms with van der Waals surface area (Å²) in [5, 5.41) is 7.08. The van der Waals surface area contributed by atoms with Crippen LogP contribution in [-0.2, 0) is 13.0 Å². The number of fused-ring (bicyclic) bond motifs is 6. The van der Waals surface area contributed by atoms with Gasteiger partial charge in [0.15, 0.2) is 0 Å². The molecule has 11 aromatic rings. The molecular formula is C58H41NO. The van der Waals surface area contributed by atoms with Gasteiger partial charge in [-0.1, -0.05) is 188 Å². The Labute approximate surface area is 350 Å². The number of anilines is 2. The van der Waals surface area contributed by atoms with Gasteiger partial charge in [-0.05, 0) is 103 Å². The van der Waals surface area contributed by atoms with E-state index >= 15 is 0 Å². The van der Waals surface area contributed by atoms with Crippen molar-refractivity contribution in [1.82, 2.24) is 0 Å². The van der Waals surface area contributed by atoms with Crippen LogP contribution < -0.4 is 4.90 Å². The molecule has 1 heterocycles. The van der Waals surface area contributed by atoms with Gasteiger partial charge in [-0.2, -0.15) is 0 Å². The van der Waals surface area contributed by atoms with E-state index in [2.05, 4.69) is 229 Å². The van der Waals surface area contributed by atoms with Gasteiger partial charge >= 0.3 is 0 Å². The van der Waals surface area contributed by atoms with Gasteiger partial charge in [-0.25, -0.2) is 0 Å². The van der Waals surface area contributed by atoms with Crippen molar-refractivity contribution >= 4 is 54.9 Å². The predicted molar refractivity (Wildman–Crippen MR) is 253 cm³/mol. The van der Waals surface area contributed by atoms with E-state index in [0.29, 0.717) is 6.54 Å². The second kappa shape index (κ2) is 15.2. The van der Waals surface area contributed by atoms with Gasteiger partial charge in [-0.15, -0.1) is 0 Å². The van der Waals surface area contributed by atoms with Crippen LogP contribution >= 0.6 is 0 Å². The highest BCUT2D eigenvalue weighted by Crippen LogP contribution is 2.41. The van der Waals surface area contributed by atoms with Crippen molar-refractivity contribution in [3.05, 3.63) is 241 Å². The summed E-state index contributed by atoms with van der Waals surface area (Å²) in [7, 11) is 0. The molecule has 0 amide bonds. The molecule has 0 aliphatic rings. The Balaban J connectivity index is 1.05. The maximum Gasteiger partial charge on any atom is 0.143 e. The second-order valence-corrected chi connectivity index (χ2v) is 15.7. The fourth-order valence-corrected chi connectivity index (χ4v) is 8.97. The van der Waals surface area contributed by atoms with Gasteiger partial charge in [0.05, 0.1) is 0 Å². The zero-order valence-electron chi connectivity index (χ0n) is 33.1. The normalized spacial score (nSPS) is 11.5. The van der Waals surface area contributed by atoms with Gasteiger partial charge in [0.25, 0.3) is 0 Å². The zero-order valence-corrected chi connectivity index (χ0v) is 33.1. The lowest BCUT2D eigenvalue weighted by Crippen LogP contribution is -2.17. The fourth-order valence-electron chi connectivity index (χ4n) is 8.97. The molecule has 0 saturated carbocycles. The fraction of sp³-hybridized carbons (Fsp3) is 0.0345. The molecule has 2 heteroatoms. The first-order chi connectivity index (χ1) is 29.7. The van der Waals surface area contributed by atoms with Crippen molar-refractivity contribution in [2.24, 2.45) is 0 Å². The van der Waals surface area contributed by atoms with E-state index < -0.39 is 0 Å². The van der Waals surface area contributed by atoms with E-state index in [1.165, 1.54) is 55.1 Å². The lowest BCUT2D eigenvalue weighted by molar-refractivity contribution is 0.673. The molecule has 0 N–H and O–H groups in total. The van der Waals surface area contributed by atoms with E-state index in [4.69, 9.17) is 4.42 Å². The molecular weight excluding hydrogens is 727 g/mol. The minimum absolute atomic E-state index is 0.653. The Hall–Kier alpha value is -7.68. The predicted octanol–water partition coefficient (Wildman–Crippen LogP) is 15.8.